The first-order valence-electron chi connectivity index (χ1n) is 10.3. The number of carbonyl (C=O) groups excluding carboxylic acids is 1. The fourth-order valence-corrected chi connectivity index (χ4v) is 4.61. The summed E-state index contributed by atoms with van der Waals surface area (Å²) in [5.74, 6) is -0.391. The van der Waals surface area contributed by atoms with Crippen molar-refractivity contribution in [2.45, 2.75) is 19.3 Å². The average molecular weight is 425 g/mol. The quantitative estimate of drug-likeness (QED) is 0.635. The molecule has 1 aliphatic carbocycles. The van der Waals surface area contributed by atoms with E-state index in [2.05, 4.69) is 10.00 Å². The highest BCUT2D eigenvalue weighted by molar-refractivity contribution is 6.30. The molecule has 1 amide bonds. The second-order valence-corrected chi connectivity index (χ2v) is 8.19. The number of carbonyl (C=O) groups is 1. The molecule has 1 aliphatic heterocycles. The van der Waals surface area contributed by atoms with Gasteiger partial charge in [-0.15, -0.1) is 0 Å². The van der Waals surface area contributed by atoms with Crippen molar-refractivity contribution in [3.63, 3.8) is 0 Å². The van der Waals surface area contributed by atoms with Crippen LogP contribution in [-0.4, -0.2) is 46.8 Å². The van der Waals surface area contributed by atoms with Crippen molar-refractivity contribution in [3.8, 4) is 5.69 Å². The van der Waals surface area contributed by atoms with E-state index in [1.54, 1.807) is 22.9 Å². The summed E-state index contributed by atoms with van der Waals surface area (Å²) in [5.41, 5.74) is 3.88. The highest BCUT2D eigenvalue weighted by atomic mass is 35.5. The van der Waals surface area contributed by atoms with Crippen LogP contribution < -0.4 is 4.90 Å². The van der Waals surface area contributed by atoms with Crippen LogP contribution >= 0.6 is 11.6 Å². The van der Waals surface area contributed by atoms with Gasteiger partial charge in [0.1, 0.15) is 11.5 Å². The van der Waals surface area contributed by atoms with Crippen LogP contribution in [0.15, 0.2) is 48.5 Å². The number of aromatic nitrogens is 2. The molecule has 0 spiro atoms. The molecule has 1 saturated heterocycles. The Bertz CT molecular complexity index is 1100. The van der Waals surface area contributed by atoms with E-state index in [4.69, 9.17) is 11.6 Å². The van der Waals surface area contributed by atoms with Gasteiger partial charge < -0.3 is 9.80 Å². The molecule has 2 aromatic carbocycles. The molecule has 0 radical (unpaired) electrons. The van der Waals surface area contributed by atoms with E-state index in [9.17, 15) is 9.18 Å². The lowest BCUT2D eigenvalue weighted by Gasteiger charge is -2.36. The van der Waals surface area contributed by atoms with Crippen LogP contribution in [0.3, 0.4) is 0 Å². The van der Waals surface area contributed by atoms with Crippen molar-refractivity contribution in [3.05, 3.63) is 76.3 Å². The van der Waals surface area contributed by atoms with Crippen molar-refractivity contribution in [2.75, 3.05) is 31.1 Å². The normalized spacial score (nSPS) is 16.1. The molecular formula is C23H22ClFN4O. The first-order chi connectivity index (χ1) is 14.6. The molecule has 0 unspecified atom stereocenters. The van der Waals surface area contributed by atoms with Crippen LogP contribution in [0.2, 0.25) is 5.02 Å². The van der Waals surface area contributed by atoms with E-state index >= 15 is 0 Å². The topological polar surface area (TPSA) is 41.4 Å². The predicted octanol–water partition coefficient (Wildman–Crippen LogP) is 4.12. The van der Waals surface area contributed by atoms with Gasteiger partial charge in [0.25, 0.3) is 5.91 Å². The van der Waals surface area contributed by atoms with Gasteiger partial charge in [0, 0.05) is 48.1 Å². The molecule has 0 atom stereocenters. The van der Waals surface area contributed by atoms with Gasteiger partial charge in [0.15, 0.2) is 5.69 Å². The zero-order chi connectivity index (χ0) is 20.7. The molecule has 7 heteroatoms. The summed E-state index contributed by atoms with van der Waals surface area (Å²) in [6.07, 6.45) is 2.59. The van der Waals surface area contributed by atoms with E-state index in [1.807, 2.05) is 29.2 Å². The van der Waals surface area contributed by atoms with E-state index < -0.39 is 0 Å². The minimum absolute atomic E-state index is 0.0611. The number of nitrogens with zero attached hydrogens (tertiary/aromatic N) is 4. The SMILES string of the molecule is O=C(c1nn(-c2ccccc2F)c2c1CCC2)N1CCN(c2cccc(Cl)c2)CC1. The summed E-state index contributed by atoms with van der Waals surface area (Å²) in [5, 5.41) is 5.29. The van der Waals surface area contributed by atoms with Crippen molar-refractivity contribution < 1.29 is 9.18 Å². The summed E-state index contributed by atoms with van der Waals surface area (Å²) < 4.78 is 16.0. The zero-order valence-corrected chi connectivity index (χ0v) is 17.3. The van der Waals surface area contributed by atoms with Gasteiger partial charge in [-0.25, -0.2) is 9.07 Å². The lowest BCUT2D eigenvalue weighted by Crippen LogP contribution is -2.49. The van der Waals surface area contributed by atoms with Crippen molar-refractivity contribution in [2.24, 2.45) is 0 Å². The first-order valence-corrected chi connectivity index (χ1v) is 10.6. The Morgan fingerprint density at radius 1 is 1.00 bits per heavy atom. The van der Waals surface area contributed by atoms with Gasteiger partial charge >= 0.3 is 0 Å². The van der Waals surface area contributed by atoms with Crippen molar-refractivity contribution >= 4 is 23.2 Å². The molecule has 0 saturated carbocycles. The number of anilines is 1. The standard InChI is InChI=1S/C23H22ClFN4O/c24-16-5-3-6-17(15-16)27-11-13-28(14-12-27)23(30)22-18-7-4-10-20(18)29(26-22)21-9-2-1-8-19(21)25/h1-3,5-6,8-9,15H,4,7,10-14H2. The molecule has 2 aliphatic rings. The van der Waals surface area contributed by atoms with E-state index in [-0.39, 0.29) is 11.7 Å². The molecule has 0 N–H and O–H groups in total. The van der Waals surface area contributed by atoms with Crippen LogP contribution in [0.1, 0.15) is 28.2 Å². The highest BCUT2D eigenvalue weighted by Gasteiger charge is 2.31. The fraction of sp³-hybridized carbons (Fsp3) is 0.304. The molecule has 0 bridgehead atoms. The third-order valence-corrected chi connectivity index (χ3v) is 6.19. The number of benzene rings is 2. The predicted molar refractivity (Wildman–Crippen MR) is 115 cm³/mol. The van der Waals surface area contributed by atoms with Gasteiger partial charge in [0.05, 0.1) is 0 Å². The van der Waals surface area contributed by atoms with E-state index in [1.165, 1.54) is 6.07 Å². The largest absolute Gasteiger partial charge is 0.368 e. The summed E-state index contributed by atoms with van der Waals surface area (Å²) in [4.78, 5) is 17.4. The number of piperazine rings is 1. The fourth-order valence-electron chi connectivity index (χ4n) is 4.42. The Hall–Kier alpha value is -2.86. The van der Waals surface area contributed by atoms with Gasteiger partial charge in [0.2, 0.25) is 0 Å². The van der Waals surface area contributed by atoms with E-state index in [0.717, 1.165) is 49.3 Å². The maximum absolute atomic E-state index is 14.4. The van der Waals surface area contributed by atoms with Gasteiger partial charge in [-0.05, 0) is 49.6 Å². The number of hydrogen-bond donors (Lipinski definition) is 0. The van der Waals surface area contributed by atoms with Crippen LogP contribution in [0, 0.1) is 5.82 Å². The van der Waals surface area contributed by atoms with Crippen LogP contribution in [0.25, 0.3) is 5.69 Å². The Labute approximate surface area is 179 Å². The number of amides is 1. The van der Waals surface area contributed by atoms with Gasteiger partial charge in [-0.1, -0.05) is 29.8 Å². The molecule has 1 aromatic heterocycles. The van der Waals surface area contributed by atoms with Gasteiger partial charge in [-0.2, -0.15) is 5.10 Å². The molecule has 5 rings (SSSR count). The monoisotopic (exact) mass is 424 g/mol. The van der Waals surface area contributed by atoms with Crippen molar-refractivity contribution in [1.82, 2.24) is 14.7 Å². The minimum atomic E-state index is -0.330. The second-order valence-electron chi connectivity index (χ2n) is 7.75. The maximum atomic E-state index is 14.4. The molecule has 1 fully saturated rings. The minimum Gasteiger partial charge on any atom is -0.368 e. The summed E-state index contributed by atoms with van der Waals surface area (Å²) in [6.45, 7) is 2.71. The maximum Gasteiger partial charge on any atom is 0.274 e. The van der Waals surface area contributed by atoms with Crippen LogP contribution in [0.5, 0.6) is 0 Å². The van der Waals surface area contributed by atoms with Crippen LogP contribution in [-0.2, 0) is 12.8 Å². The lowest BCUT2D eigenvalue weighted by molar-refractivity contribution is 0.0739. The number of halogens is 2. The third kappa shape index (κ3) is 3.35. The molecule has 30 heavy (non-hydrogen) atoms. The Morgan fingerprint density at radius 3 is 2.57 bits per heavy atom. The molecule has 154 valence electrons. The Balaban J connectivity index is 1.38. The third-order valence-electron chi connectivity index (χ3n) is 5.95. The van der Waals surface area contributed by atoms with Gasteiger partial charge in [-0.3, -0.25) is 4.79 Å². The Morgan fingerprint density at radius 2 is 1.80 bits per heavy atom. The lowest BCUT2D eigenvalue weighted by atomic mass is 10.1. The number of hydrogen-bond acceptors (Lipinski definition) is 3. The average Bonchev–Trinajstić information content (AvgIpc) is 3.37. The van der Waals surface area contributed by atoms with Crippen LogP contribution in [0.4, 0.5) is 10.1 Å². The summed E-state index contributed by atoms with van der Waals surface area (Å²) in [6, 6.07) is 14.4. The summed E-state index contributed by atoms with van der Waals surface area (Å²) >= 11 is 6.11. The number of rotatable bonds is 3. The Kier molecular flexibility index (Phi) is 4.95. The highest BCUT2D eigenvalue weighted by Crippen LogP contribution is 2.30. The summed E-state index contributed by atoms with van der Waals surface area (Å²) in [7, 11) is 0. The molecule has 5 nitrogen and oxygen atoms in total. The first kappa shape index (κ1) is 19.1. The number of para-hydroxylation sites is 1. The molecular weight excluding hydrogens is 403 g/mol. The zero-order valence-electron chi connectivity index (χ0n) is 16.5. The number of fused-ring (bicyclic) bond motifs is 1. The van der Waals surface area contributed by atoms with E-state index in [0.29, 0.717) is 29.5 Å². The smallest absolute Gasteiger partial charge is 0.274 e. The molecule has 2 heterocycles. The molecule has 3 aromatic rings. The van der Waals surface area contributed by atoms with Crippen molar-refractivity contribution in [1.29, 1.82) is 0 Å². The second kappa shape index (κ2) is 7.76.